The van der Waals surface area contributed by atoms with Crippen LogP contribution in [0.3, 0.4) is 0 Å². The van der Waals surface area contributed by atoms with Crippen molar-refractivity contribution in [3.05, 3.63) is 24.2 Å². The number of rotatable bonds is 4. The molecule has 118 valence electrons. The van der Waals surface area contributed by atoms with E-state index in [4.69, 9.17) is 4.98 Å². The maximum absolute atomic E-state index is 4.94. The molecule has 5 nitrogen and oxygen atoms in total. The first-order valence-electron chi connectivity index (χ1n) is 8.63. The Kier molecular flexibility index (Phi) is 3.84. The fourth-order valence-corrected chi connectivity index (χ4v) is 4.12. The molecule has 0 saturated carbocycles. The predicted molar refractivity (Wildman–Crippen MR) is 88.0 cm³/mol. The van der Waals surface area contributed by atoms with Gasteiger partial charge in [0.1, 0.15) is 11.3 Å². The predicted octanol–water partition coefficient (Wildman–Crippen LogP) is 1.99. The highest BCUT2D eigenvalue weighted by molar-refractivity contribution is 5.71. The summed E-state index contributed by atoms with van der Waals surface area (Å²) < 4.78 is 2.42. The van der Waals surface area contributed by atoms with Gasteiger partial charge < -0.3 is 14.8 Å². The van der Waals surface area contributed by atoms with Crippen molar-refractivity contribution in [1.29, 1.82) is 0 Å². The Morgan fingerprint density at radius 3 is 3.14 bits per heavy atom. The van der Waals surface area contributed by atoms with Crippen molar-refractivity contribution in [3.63, 3.8) is 0 Å². The monoisotopic (exact) mass is 299 g/mol. The summed E-state index contributed by atoms with van der Waals surface area (Å²) in [5.41, 5.74) is 2.11. The van der Waals surface area contributed by atoms with Crippen LogP contribution in [0.15, 0.2) is 18.3 Å². The standard InChI is InChI=1S/C17H25N5/c1-2-21-10-4-5-13(21)11-16-20-15-6-3-8-19-17(15)22(16)14-7-9-18-12-14/h3,6,8,13-14,18H,2,4-5,7,9-12H2,1H3. The van der Waals surface area contributed by atoms with Crippen LogP contribution in [0, 0.1) is 0 Å². The minimum absolute atomic E-state index is 0.506. The highest BCUT2D eigenvalue weighted by Crippen LogP contribution is 2.27. The lowest BCUT2D eigenvalue weighted by atomic mass is 10.1. The molecule has 2 atom stereocenters. The van der Waals surface area contributed by atoms with Gasteiger partial charge in [0.2, 0.25) is 0 Å². The zero-order valence-corrected chi connectivity index (χ0v) is 13.3. The van der Waals surface area contributed by atoms with Gasteiger partial charge >= 0.3 is 0 Å². The normalized spacial score (nSPS) is 26.2. The Balaban J connectivity index is 1.71. The number of nitrogens with zero attached hydrogens (tertiary/aromatic N) is 4. The highest BCUT2D eigenvalue weighted by atomic mass is 15.2. The van der Waals surface area contributed by atoms with Crippen molar-refractivity contribution in [1.82, 2.24) is 24.8 Å². The summed E-state index contributed by atoms with van der Waals surface area (Å²) in [6.07, 6.45) is 6.74. The smallest absolute Gasteiger partial charge is 0.160 e. The Bertz CT molecular complexity index is 644. The van der Waals surface area contributed by atoms with E-state index < -0.39 is 0 Å². The summed E-state index contributed by atoms with van der Waals surface area (Å²) in [6, 6.07) is 5.24. The molecule has 0 bridgehead atoms. The SMILES string of the molecule is CCN1CCCC1Cc1nc2cccnc2n1C1CCNC1. The zero-order chi connectivity index (χ0) is 14.9. The molecule has 0 amide bonds. The summed E-state index contributed by atoms with van der Waals surface area (Å²) in [7, 11) is 0. The topological polar surface area (TPSA) is 46.0 Å². The molecule has 5 heteroatoms. The fraction of sp³-hybridized carbons (Fsp3) is 0.647. The molecule has 4 rings (SSSR count). The average molecular weight is 299 g/mol. The summed E-state index contributed by atoms with van der Waals surface area (Å²) in [5, 5.41) is 3.48. The molecule has 2 aliphatic rings. The Morgan fingerprint density at radius 1 is 1.36 bits per heavy atom. The van der Waals surface area contributed by atoms with Gasteiger partial charge in [-0.3, -0.25) is 0 Å². The van der Waals surface area contributed by atoms with Crippen LogP contribution in [-0.2, 0) is 6.42 Å². The van der Waals surface area contributed by atoms with E-state index in [0.717, 1.165) is 37.2 Å². The molecular weight excluding hydrogens is 274 g/mol. The highest BCUT2D eigenvalue weighted by Gasteiger charge is 2.28. The van der Waals surface area contributed by atoms with E-state index in [2.05, 4.69) is 32.8 Å². The summed E-state index contributed by atoms with van der Waals surface area (Å²) in [4.78, 5) is 12.2. The number of likely N-dealkylation sites (N-methyl/N-ethyl adjacent to an activating group) is 1. The molecule has 1 N–H and O–H groups in total. The van der Waals surface area contributed by atoms with Crippen LogP contribution in [-0.4, -0.2) is 51.7 Å². The largest absolute Gasteiger partial charge is 0.315 e. The number of fused-ring (bicyclic) bond motifs is 1. The maximum Gasteiger partial charge on any atom is 0.160 e. The number of aromatic nitrogens is 3. The molecule has 2 aliphatic heterocycles. The summed E-state index contributed by atoms with van der Waals surface area (Å²) in [6.45, 7) is 6.79. The van der Waals surface area contributed by atoms with Gasteiger partial charge in [-0.25, -0.2) is 9.97 Å². The van der Waals surface area contributed by atoms with E-state index in [1.165, 1.54) is 31.6 Å². The lowest BCUT2D eigenvalue weighted by Gasteiger charge is -2.23. The van der Waals surface area contributed by atoms with Crippen molar-refractivity contribution in [2.24, 2.45) is 0 Å². The van der Waals surface area contributed by atoms with Gasteiger partial charge in [-0.1, -0.05) is 6.92 Å². The van der Waals surface area contributed by atoms with Gasteiger partial charge in [0.05, 0.1) is 6.04 Å². The van der Waals surface area contributed by atoms with Crippen molar-refractivity contribution in [2.75, 3.05) is 26.2 Å². The molecule has 0 spiro atoms. The second-order valence-electron chi connectivity index (χ2n) is 6.52. The van der Waals surface area contributed by atoms with Crippen LogP contribution in [0.4, 0.5) is 0 Å². The van der Waals surface area contributed by atoms with Gasteiger partial charge in [-0.2, -0.15) is 0 Å². The second kappa shape index (κ2) is 5.97. The van der Waals surface area contributed by atoms with Crippen LogP contribution in [0.2, 0.25) is 0 Å². The molecular formula is C17H25N5. The van der Waals surface area contributed by atoms with Gasteiger partial charge in [-0.15, -0.1) is 0 Å². The van der Waals surface area contributed by atoms with E-state index in [1.54, 1.807) is 0 Å². The fourth-order valence-electron chi connectivity index (χ4n) is 4.12. The molecule has 0 aliphatic carbocycles. The van der Waals surface area contributed by atoms with Gasteiger partial charge in [-0.05, 0) is 51.0 Å². The molecule has 2 saturated heterocycles. The van der Waals surface area contributed by atoms with Gasteiger partial charge in [0.15, 0.2) is 5.65 Å². The molecule has 0 aromatic carbocycles. The van der Waals surface area contributed by atoms with E-state index in [-0.39, 0.29) is 0 Å². The molecule has 2 unspecified atom stereocenters. The number of hydrogen-bond donors (Lipinski definition) is 1. The summed E-state index contributed by atoms with van der Waals surface area (Å²) >= 11 is 0. The number of pyridine rings is 1. The van der Waals surface area contributed by atoms with Crippen molar-refractivity contribution >= 4 is 11.2 Å². The summed E-state index contributed by atoms with van der Waals surface area (Å²) in [5.74, 6) is 1.23. The van der Waals surface area contributed by atoms with Gasteiger partial charge in [0, 0.05) is 25.2 Å². The van der Waals surface area contributed by atoms with Crippen LogP contribution in [0.1, 0.15) is 38.1 Å². The molecule has 0 radical (unpaired) electrons. The third-order valence-corrected chi connectivity index (χ3v) is 5.24. The van der Waals surface area contributed by atoms with E-state index in [9.17, 15) is 0 Å². The Morgan fingerprint density at radius 2 is 2.32 bits per heavy atom. The first-order valence-corrected chi connectivity index (χ1v) is 8.63. The van der Waals surface area contributed by atoms with Crippen molar-refractivity contribution < 1.29 is 0 Å². The molecule has 4 heterocycles. The average Bonchev–Trinajstić information content (AvgIpc) is 3.25. The minimum atomic E-state index is 0.506. The molecule has 22 heavy (non-hydrogen) atoms. The lowest BCUT2D eigenvalue weighted by Crippen LogP contribution is -2.32. The molecule has 2 aromatic heterocycles. The zero-order valence-electron chi connectivity index (χ0n) is 13.3. The van der Waals surface area contributed by atoms with Crippen molar-refractivity contribution in [3.8, 4) is 0 Å². The van der Waals surface area contributed by atoms with Crippen LogP contribution in [0.25, 0.3) is 11.2 Å². The Labute approximate surface area is 131 Å². The third-order valence-electron chi connectivity index (χ3n) is 5.24. The Hall–Kier alpha value is -1.46. The lowest BCUT2D eigenvalue weighted by molar-refractivity contribution is 0.261. The second-order valence-corrected chi connectivity index (χ2v) is 6.52. The molecule has 2 fully saturated rings. The van der Waals surface area contributed by atoms with Crippen LogP contribution < -0.4 is 5.32 Å². The van der Waals surface area contributed by atoms with E-state index >= 15 is 0 Å². The molecule has 2 aromatic rings. The third kappa shape index (κ3) is 2.42. The number of hydrogen-bond acceptors (Lipinski definition) is 4. The number of imidazole rings is 1. The first kappa shape index (κ1) is 14.2. The van der Waals surface area contributed by atoms with E-state index in [0.29, 0.717) is 12.1 Å². The maximum atomic E-state index is 4.94. The van der Waals surface area contributed by atoms with Crippen molar-refractivity contribution in [2.45, 2.75) is 44.7 Å². The first-order chi connectivity index (χ1) is 10.9. The quantitative estimate of drug-likeness (QED) is 0.938. The number of likely N-dealkylation sites (tertiary alicyclic amines) is 1. The van der Waals surface area contributed by atoms with E-state index in [1.807, 2.05) is 12.3 Å². The van der Waals surface area contributed by atoms with Crippen LogP contribution >= 0.6 is 0 Å². The van der Waals surface area contributed by atoms with Gasteiger partial charge in [0.25, 0.3) is 0 Å². The minimum Gasteiger partial charge on any atom is -0.315 e. The van der Waals surface area contributed by atoms with Crippen LogP contribution in [0.5, 0.6) is 0 Å². The number of nitrogens with one attached hydrogen (secondary N) is 1.